The van der Waals surface area contributed by atoms with Gasteiger partial charge in [-0.15, -0.1) is 0 Å². The number of rotatable bonds is 6. The number of aromatic nitrogens is 2. The van der Waals surface area contributed by atoms with Crippen LogP contribution in [-0.2, 0) is 11.3 Å². The first kappa shape index (κ1) is 23.8. The quantitative estimate of drug-likeness (QED) is 0.585. The Labute approximate surface area is 195 Å². The van der Waals surface area contributed by atoms with Gasteiger partial charge in [0.2, 0.25) is 0 Å². The molecule has 0 radical (unpaired) electrons. The predicted molar refractivity (Wildman–Crippen MR) is 124 cm³/mol. The minimum absolute atomic E-state index is 0.0619. The van der Waals surface area contributed by atoms with Crippen molar-refractivity contribution in [2.75, 3.05) is 40.3 Å². The molecule has 3 rings (SSSR count). The Morgan fingerprint density at radius 1 is 1.32 bits per heavy atom. The second-order valence-corrected chi connectivity index (χ2v) is 10.3. The summed E-state index contributed by atoms with van der Waals surface area (Å²) in [4.78, 5) is 33.4. The van der Waals surface area contributed by atoms with Gasteiger partial charge in [0.1, 0.15) is 12.2 Å². The van der Waals surface area contributed by atoms with E-state index in [0.29, 0.717) is 53.3 Å². The maximum absolute atomic E-state index is 13.1. The number of carbonyl (C=O) groups excluding carboxylic acids is 1. The van der Waals surface area contributed by atoms with Crippen LogP contribution in [0.25, 0.3) is 11.0 Å². The van der Waals surface area contributed by atoms with Gasteiger partial charge in [-0.25, -0.2) is 9.78 Å². The van der Waals surface area contributed by atoms with Gasteiger partial charge >= 0.3 is 11.7 Å². The van der Waals surface area contributed by atoms with Gasteiger partial charge in [0.15, 0.2) is 0 Å². The fourth-order valence-corrected chi connectivity index (χ4v) is 3.72. The van der Waals surface area contributed by atoms with Crippen LogP contribution in [-0.4, -0.2) is 71.4 Å². The van der Waals surface area contributed by atoms with Gasteiger partial charge in [0.05, 0.1) is 16.1 Å². The standard InChI is InChI=1S/C21H28BrClN4O4/c1-21(2,3)31-20(29)26-10-13(11-26)12-27-17-9-15(23)14(22)8-16(17)24-18(19(27)28)30-7-6-25(4)5/h8-9,13H,6-7,10-12H2,1-5H3. The number of likely N-dealkylation sites (N-methyl/N-ethyl adjacent to an activating group) is 1. The summed E-state index contributed by atoms with van der Waals surface area (Å²) in [6.07, 6.45) is -0.338. The van der Waals surface area contributed by atoms with E-state index in [1.807, 2.05) is 39.8 Å². The second kappa shape index (κ2) is 9.34. The number of benzene rings is 1. The molecule has 2 aromatic rings. The molecule has 1 fully saturated rings. The first-order valence-electron chi connectivity index (χ1n) is 10.1. The monoisotopic (exact) mass is 514 g/mol. The largest absolute Gasteiger partial charge is 0.472 e. The molecule has 1 aromatic carbocycles. The van der Waals surface area contributed by atoms with Crippen LogP contribution in [0.4, 0.5) is 4.79 Å². The maximum atomic E-state index is 13.1. The molecule has 0 atom stereocenters. The Morgan fingerprint density at radius 2 is 2.00 bits per heavy atom. The van der Waals surface area contributed by atoms with Crippen LogP contribution in [0.15, 0.2) is 21.4 Å². The lowest BCUT2D eigenvalue weighted by atomic mass is 10.0. The van der Waals surface area contributed by atoms with Crippen LogP contribution in [0.1, 0.15) is 20.8 Å². The van der Waals surface area contributed by atoms with E-state index in [9.17, 15) is 9.59 Å². The number of halogens is 2. The molecule has 1 amide bonds. The fourth-order valence-electron chi connectivity index (χ4n) is 3.23. The topological polar surface area (TPSA) is 76.9 Å². The van der Waals surface area contributed by atoms with Gasteiger partial charge in [0, 0.05) is 36.6 Å². The molecule has 0 bridgehead atoms. The summed E-state index contributed by atoms with van der Waals surface area (Å²) in [5.41, 5.74) is 0.400. The summed E-state index contributed by atoms with van der Waals surface area (Å²) in [5.74, 6) is 0.180. The van der Waals surface area contributed by atoms with Crippen molar-refractivity contribution in [1.29, 1.82) is 0 Å². The van der Waals surface area contributed by atoms with Gasteiger partial charge in [-0.1, -0.05) is 11.6 Å². The first-order valence-corrected chi connectivity index (χ1v) is 11.3. The van der Waals surface area contributed by atoms with Crippen molar-refractivity contribution in [3.63, 3.8) is 0 Å². The average molecular weight is 516 g/mol. The highest BCUT2D eigenvalue weighted by Crippen LogP contribution is 2.29. The van der Waals surface area contributed by atoms with E-state index in [1.165, 1.54) is 0 Å². The highest BCUT2D eigenvalue weighted by molar-refractivity contribution is 9.10. The fraction of sp³-hybridized carbons (Fsp3) is 0.571. The Kier molecular flexibility index (Phi) is 7.18. The molecule has 8 nitrogen and oxygen atoms in total. The Morgan fingerprint density at radius 3 is 2.61 bits per heavy atom. The molecule has 0 spiro atoms. The van der Waals surface area contributed by atoms with Crippen molar-refractivity contribution in [3.8, 4) is 5.88 Å². The summed E-state index contributed by atoms with van der Waals surface area (Å²) in [6, 6.07) is 3.50. The van der Waals surface area contributed by atoms with E-state index in [2.05, 4.69) is 20.9 Å². The van der Waals surface area contributed by atoms with Crippen LogP contribution >= 0.6 is 27.5 Å². The molecule has 2 heterocycles. The zero-order valence-electron chi connectivity index (χ0n) is 18.4. The second-order valence-electron chi connectivity index (χ2n) is 8.99. The van der Waals surface area contributed by atoms with E-state index in [0.717, 1.165) is 0 Å². The molecule has 0 unspecified atom stereocenters. The zero-order chi connectivity index (χ0) is 22.9. The SMILES string of the molecule is CN(C)CCOc1nc2cc(Br)c(Cl)cc2n(CC2CN(C(=O)OC(C)(C)C)C2)c1=O. The number of hydrogen-bond acceptors (Lipinski definition) is 6. The van der Waals surface area contributed by atoms with Crippen molar-refractivity contribution < 1.29 is 14.3 Å². The smallest absolute Gasteiger partial charge is 0.410 e. The molecule has 0 aliphatic carbocycles. The molecular formula is C21H28BrClN4O4. The van der Waals surface area contributed by atoms with Crippen LogP contribution in [0.2, 0.25) is 5.02 Å². The number of amides is 1. The number of carbonyl (C=O) groups is 1. The van der Waals surface area contributed by atoms with Gasteiger partial charge in [0.25, 0.3) is 5.88 Å². The molecule has 10 heteroatoms. The van der Waals surface area contributed by atoms with Crippen LogP contribution in [0, 0.1) is 5.92 Å². The maximum Gasteiger partial charge on any atom is 0.410 e. The van der Waals surface area contributed by atoms with Gasteiger partial charge < -0.3 is 23.8 Å². The van der Waals surface area contributed by atoms with Gasteiger partial charge in [-0.2, -0.15) is 0 Å². The number of hydrogen-bond donors (Lipinski definition) is 0. The molecule has 0 N–H and O–H groups in total. The molecular weight excluding hydrogens is 488 g/mol. The third kappa shape index (κ3) is 5.90. The summed E-state index contributed by atoms with van der Waals surface area (Å²) < 4.78 is 13.4. The average Bonchev–Trinajstić information content (AvgIpc) is 2.60. The van der Waals surface area contributed by atoms with E-state index in [1.54, 1.807) is 21.6 Å². The number of fused-ring (bicyclic) bond motifs is 1. The van der Waals surface area contributed by atoms with Crippen molar-refractivity contribution >= 4 is 44.7 Å². The summed E-state index contributed by atoms with van der Waals surface area (Å²) in [6.45, 7) is 8.00. The van der Waals surface area contributed by atoms with Crippen molar-refractivity contribution in [1.82, 2.24) is 19.4 Å². The lowest BCUT2D eigenvalue weighted by molar-refractivity contribution is -0.00333. The molecule has 0 saturated carbocycles. The van der Waals surface area contributed by atoms with Crippen molar-refractivity contribution in [3.05, 3.63) is 32.0 Å². The van der Waals surface area contributed by atoms with E-state index < -0.39 is 5.60 Å². The van der Waals surface area contributed by atoms with Crippen molar-refractivity contribution in [2.45, 2.75) is 32.9 Å². The Balaban J connectivity index is 1.83. The number of ether oxygens (including phenoxy) is 2. The third-order valence-corrected chi connectivity index (χ3v) is 5.98. The minimum Gasteiger partial charge on any atom is -0.472 e. The Bertz CT molecular complexity index is 1030. The summed E-state index contributed by atoms with van der Waals surface area (Å²) in [5, 5.41) is 0.493. The molecule has 31 heavy (non-hydrogen) atoms. The lowest BCUT2D eigenvalue weighted by Gasteiger charge is -2.40. The third-order valence-electron chi connectivity index (χ3n) is 4.79. The normalized spacial score (nSPS) is 14.8. The zero-order valence-corrected chi connectivity index (χ0v) is 20.8. The molecule has 1 aromatic heterocycles. The summed E-state index contributed by atoms with van der Waals surface area (Å²) in [7, 11) is 3.86. The molecule has 170 valence electrons. The van der Waals surface area contributed by atoms with Gasteiger partial charge in [-0.3, -0.25) is 4.79 Å². The lowest BCUT2D eigenvalue weighted by Crippen LogP contribution is -2.53. The van der Waals surface area contributed by atoms with Crippen LogP contribution in [0.3, 0.4) is 0 Å². The first-order chi connectivity index (χ1) is 14.4. The van der Waals surface area contributed by atoms with E-state index >= 15 is 0 Å². The minimum atomic E-state index is -0.538. The van der Waals surface area contributed by atoms with Crippen molar-refractivity contribution in [2.24, 2.45) is 5.92 Å². The summed E-state index contributed by atoms with van der Waals surface area (Å²) >= 11 is 9.70. The van der Waals surface area contributed by atoms with Crippen LogP contribution < -0.4 is 10.3 Å². The van der Waals surface area contributed by atoms with Gasteiger partial charge in [-0.05, 0) is 62.9 Å². The van der Waals surface area contributed by atoms with E-state index in [-0.39, 0.29) is 23.5 Å². The highest BCUT2D eigenvalue weighted by atomic mass is 79.9. The molecule has 1 aliphatic heterocycles. The Hall–Kier alpha value is -1.84. The highest BCUT2D eigenvalue weighted by Gasteiger charge is 2.34. The number of likely N-dealkylation sites (tertiary alicyclic amines) is 1. The molecule has 1 saturated heterocycles. The van der Waals surface area contributed by atoms with Crippen LogP contribution in [0.5, 0.6) is 5.88 Å². The number of nitrogens with zero attached hydrogens (tertiary/aromatic N) is 4. The molecule has 1 aliphatic rings. The van der Waals surface area contributed by atoms with E-state index in [4.69, 9.17) is 21.1 Å². The predicted octanol–water partition coefficient (Wildman–Crippen LogP) is 3.62.